The van der Waals surface area contributed by atoms with Crippen molar-refractivity contribution in [2.45, 2.75) is 70.1 Å². The zero-order chi connectivity index (χ0) is 26.4. The molecule has 35 heavy (non-hydrogen) atoms. The first-order chi connectivity index (χ1) is 16.2. The van der Waals surface area contributed by atoms with Crippen molar-refractivity contribution in [2.75, 3.05) is 7.11 Å². The highest BCUT2D eigenvalue weighted by Crippen LogP contribution is 2.38. The fourth-order valence-corrected chi connectivity index (χ4v) is 3.50. The van der Waals surface area contributed by atoms with Gasteiger partial charge in [0.1, 0.15) is 0 Å². The van der Waals surface area contributed by atoms with E-state index in [1.54, 1.807) is 0 Å². The predicted octanol–water partition coefficient (Wildman–Crippen LogP) is 7.50. The van der Waals surface area contributed by atoms with E-state index in [2.05, 4.69) is 29.6 Å². The smallest absolute Gasteiger partial charge is 0.416 e. The van der Waals surface area contributed by atoms with Crippen LogP contribution in [0.15, 0.2) is 48.5 Å². The van der Waals surface area contributed by atoms with Gasteiger partial charge in [-0.2, -0.15) is 26.3 Å². The molecule has 10 heteroatoms. The molecule has 1 fully saturated rings. The molecule has 0 aromatic heterocycles. The number of hydrogen-bond acceptors (Lipinski definition) is 3. The van der Waals surface area contributed by atoms with Gasteiger partial charge in [-0.3, -0.25) is 0 Å². The van der Waals surface area contributed by atoms with Gasteiger partial charge in [-0.25, -0.2) is 4.79 Å². The van der Waals surface area contributed by atoms with Crippen LogP contribution >= 0.6 is 0 Å². The van der Waals surface area contributed by atoms with E-state index in [-0.39, 0.29) is 29.9 Å². The Kier molecular flexibility index (Phi) is 9.60. The third kappa shape index (κ3) is 8.76. The number of rotatable bonds is 5. The Hall–Kier alpha value is -2.75. The van der Waals surface area contributed by atoms with Gasteiger partial charge < -0.3 is 14.8 Å². The van der Waals surface area contributed by atoms with E-state index in [0.29, 0.717) is 18.1 Å². The Morgan fingerprint density at radius 3 is 1.86 bits per heavy atom. The molecular formula is C25H29F6NO3. The van der Waals surface area contributed by atoms with E-state index in [1.165, 1.54) is 19.6 Å². The first kappa shape index (κ1) is 28.5. The van der Waals surface area contributed by atoms with Gasteiger partial charge in [-0.05, 0) is 68.9 Å². The van der Waals surface area contributed by atoms with Crippen molar-refractivity contribution in [1.29, 1.82) is 0 Å². The van der Waals surface area contributed by atoms with Gasteiger partial charge in [-0.1, -0.05) is 30.3 Å². The molecule has 1 amide bonds. The summed E-state index contributed by atoms with van der Waals surface area (Å²) >= 11 is 0. The molecule has 194 valence electrons. The third-order valence-corrected chi connectivity index (χ3v) is 5.51. The molecule has 1 aliphatic rings. The standard InChI is InChI=1S/C14H19NO2.C11H10F6O/c1-10(2)17-14(16)15-13-8-12(9-13)11-6-4-3-5-7-11;1-6(18-2)7-3-8(10(12,13)14)5-9(4-7)11(15,16)17/h3-7,10,12-13H,8-9H2,1-2H3,(H,15,16);3-6H,1-2H3/t;6-/m.1/s1. The monoisotopic (exact) mass is 505 g/mol. The maximum absolute atomic E-state index is 12.5. The van der Waals surface area contributed by atoms with Crippen LogP contribution in [0.3, 0.4) is 0 Å². The molecule has 1 atom stereocenters. The molecule has 2 aromatic rings. The lowest BCUT2D eigenvalue weighted by molar-refractivity contribution is -0.143. The lowest BCUT2D eigenvalue weighted by Gasteiger charge is -2.36. The molecule has 2 aromatic carbocycles. The van der Waals surface area contributed by atoms with Crippen molar-refractivity contribution in [1.82, 2.24) is 5.32 Å². The molecule has 0 unspecified atom stereocenters. The van der Waals surface area contributed by atoms with E-state index >= 15 is 0 Å². The lowest BCUT2D eigenvalue weighted by atomic mass is 9.76. The highest BCUT2D eigenvalue weighted by Gasteiger charge is 2.37. The Bertz CT molecular complexity index is 922. The Morgan fingerprint density at radius 2 is 1.43 bits per heavy atom. The van der Waals surface area contributed by atoms with Crippen molar-refractivity contribution >= 4 is 6.09 Å². The van der Waals surface area contributed by atoms with E-state index in [9.17, 15) is 31.1 Å². The van der Waals surface area contributed by atoms with Crippen LogP contribution < -0.4 is 5.32 Å². The molecule has 1 aliphatic carbocycles. The average Bonchev–Trinajstić information content (AvgIpc) is 2.74. The molecule has 1 saturated carbocycles. The summed E-state index contributed by atoms with van der Waals surface area (Å²) in [6.07, 6.45) is -8.84. The number of carbonyl (C=O) groups is 1. The zero-order valence-corrected chi connectivity index (χ0v) is 19.8. The first-order valence-electron chi connectivity index (χ1n) is 11.0. The second-order valence-corrected chi connectivity index (χ2v) is 8.59. The lowest BCUT2D eigenvalue weighted by Crippen LogP contribution is -2.44. The summed E-state index contributed by atoms with van der Waals surface area (Å²) in [7, 11) is 1.21. The Labute approximate surface area is 200 Å². The number of carbonyl (C=O) groups excluding carboxylic acids is 1. The molecule has 0 saturated heterocycles. The number of alkyl halides is 6. The number of alkyl carbamates (subject to hydrolysis) is 1. The fourth-order valence-electron chi connectivity index (χ4n) is 3.50. The van der Waals surface area contributed by atoms with Crippen LogP contribution in [0, 0.1) is 0 Å². The zero-order valence-electron chi connectivity index (χ0n) is 19.8. The van der Waals surface area contributed by atoms with Crippen molar-refractivity contribution in [3.05, 3.63) is 70.8 Å². The number of hydrogen-bond donors (Lipinski definition) is 1. The van der Waals surface area contributed by atoms with Crippen LogP contribution in [-0.4, -0.2) is 25.3 Å². The van der Waals surface area contributed by atoms with Gasteiger partial charge >= 0.3 is 18.4 Å². The average molecular weight is 505 g/mol. The number of methoxy groups -OCH3 is 1. The summed E-state index contributed by atoms with van der Waals surface area (Å²) < 4.78 is 84.8. The molecular weight excluding hydrogens is 476 g/mol. The number of amides is 1. The van der Waals surface area contributed by atoms with Gasteiger partial charge in [0.15, 0.2) is 0 Å². The second-order valence-electron chi connectivity index (χ2n) is 8.59. The molecule has 3 rings (SSSR count). The fraction of sp³-hybridized carbons (Fsp3) is 0.480. The first-order valence-corrected chi connectivity index (χ1v) is 11.0. The second kappa shape index (κ2) is 11.8. The molecule has 0 aliphatic heterocycles. The minimum absolute atomic E-state index is 0.0556. The molecule has 0 bridgehead atoms. The molecule has 0 heterocycles. The van der Waals surface area contributed by atoms with Gasteiger partial charge in [0.05, 0.1) is 23.3 Å². The number of nitrogens with one attached hydrogen (secondary N) is 1. The van der Waals surface area contributed by atoms with Crippen molar-refractivity contribution in [3.63, 3.8) is 0 Å². The van der Waals surface area contributed by atoms with E-state index in [0.717, 1.165) is 12.8 Å². The Balaban J connectivity index is 0.000000247. The SMILES string of the molecule is CC(C)OC(=O)NC1CC(c2ccccc2)C1.CO[C@H](C)c1cc(C(F)(F)F)cc(C(F)(F)F)c1. The third-order valence-electron chi connectivity index (χ3n) is 5.51. The van der Waals surface area contributed by atoms with Gasteiger partial charge in [-0.15, -0.1) is 0 Å². The Morgan fingerprint density at radius 1 is 0.914 bits per heavy atom. The maximum atomic E-state index is 12.5. The largest absolute Gasteiger partial charge is 0.447 e. The quantitative estimate of drug-likeness (QED) is 0.428. The van der Waals surface area contributed by atoms with Crippen molar-refractivity contribution in [3.8, 4) is 0 Å². The number of ether oxygens (including phenoxy) is 2. The summed E-state index contributed by atoms with van der Waals surface area (Å²) in [5.74, 6) is 0.584. The molecule has 0 radical (unpaired) electrons. The highest BCUT2D eigenvalue weighted by atomic mass is 19.4. The summed E-state index contributed by atoms with van der Waals surface area (Å²) in [6.45, 7) is 5.08. The normalized spacial score (nSPS) is 18.7. The highest BCUT2D eigenvalue weighted by molar-refractivity contribution is 5.68. The van der Waals surface area contributed by atoms with Gasteiger partial charge in [0.2, 0.25) is 0 Å². The van der Waals surface area contributed by atoms with Gasteiger partial charge in [0.25, 0.3) is 0 Å². The molecule has 1 N–H and O–H groups in total. The summed E-state index contributed by atoms with van der Waals surface area (Å²) in [5.41, 5.74) is -1.48. The van der Waals surface area contributed by atoms with Crippen LogP contribution in [0.1, 0.15) is 67.9 Å². The maximum Gasteiger partial charge on any atom is 0.416 e. The summed E-state index contributed by atoms with van der Waals surface area (Å²) in [6, 6.07) is 12.1. The van der Waals surface area contributed by atoms with E-state index in [1.807, 2.05) is 19.9 Å². The summed E-state index contributed by atoms with van der Waals surface area (Å²) in [4.78, 5) is 11.4. The van der Waals surface area contributed by atoms with E-state index in [4.69, 9.17) is 9.47 Å². The molecule has 0 spiro atoms. The van der Waals surface area contributed by atoms with Crippen LogP contribution in [0.5, 0.6) is 0 Å². The van der Waals surface area contributed by atoms with Crippen molar-refractivity contribution < 1.29 is 40.6 Å². The summed E-state index contributed by atoms with van der Waals surface area (Å²) in [5, 5.41) is 2.89. The van der Waals surface area contributed by atoms with Crippen LogP contribution in [0.25, 0.3) is 0 Å². The minimum Gasteiger partial charge on any atom is -0.447 e. The number of benzene rings is 2. The van der Waals surface area contributed by atoms with Crippen LogP contribution in [0.4, 0.5) is 31.1 Å². The minimum atomic E-state index is -4.83. The van der Waals surface area contributed by atoms with Crippen LogP contribution in [-0.2, 0) is 21.8 Å². The van der Waals surface area contributed by atoms with Crippen molar-refractivity contribution in [2.24, 2.45) is 0 Å². The van der Waals surface area contributed by atoms with E-state index < -0.39 is 29.6 Å². The molecule has 4 nitrogen and oxygen atoms in total. The van der Waals surface area contributed by atoms with Crippen LogP contribution in [0.2, 0.25) is 0 Å². The van der Waals surface area contributed by atoms with Gasteiger partial charge in [0, 0.05) is 13.2 Å². The topological polar surface area (TPSA) is 47.6 Å². The number of halogens is 6. The predicted molar refractivity (Wildman–Crippen MR) is 119 cm³/mol.